The van der Waals surface area contributed by atoms with Gasteiger partial charge in [0.2, 0.25) is 0 Å². The first-order chi connectivity index (χ1) is 6.29. The highest BCUT2D eigenvalue weighted by Crippen LogP contribution is 2.41. The van der Waals surface area contributed by atoms with Crippen LogP contribution >= 0.6 is 50.5 Å². The lowest BCUT2D eigenvalue weighted by molar-refractivity contribution is -0.134. The maximum absolute atomic E-state index is 12.0. The molecule has 0 nitrogen and oxygen atoms in total. The molecule has 80 valence electrons. The Morgan fingerprint density at radius 3 is 2.43 bits per heavy atom. The Morgan fingerprint density at radius 1 is 1.50 bits per heavy atom. The van der Waals surface area contributed by atoms with Crippen LogP contribution in [0, 0.1) is 0 Å². The second-order valence-corrected chi connectivity index (χ2v) is 5.89. The minimum absolute atomic E-state index is 0.387. The molecule has 0 aromatic carbocycles. The fraction of sp³-hybridized carbons (Fsp3) is 0.429. The maximum Gasteiger partial charge on any atom is 0.390 e. The quantitative estimate of drug-likeness (QED) is 0.638. The summed E-state index contributed by atoms with van der Waals surface area (Å²) in [6, 6.07) is 1.44. The Hall–Kier alpha value is 0.550. The number of hydrogen-bond acceptors (Lipinski definition) is 1. The van der Waals surface area contributed by atoms with Crippen molar-refractivity contribution in [3.63, 3.8) is 0 Å². The predicted octanol–water partition coefficient (Wildman–Crippen LogP) is 5.40. The summed E-state index contributed by atoms with van der Waals surface area (Å²) >= 11 is 15.5. The van der Waals surface area contributed by atoms with Crippen molar-refractivity contribution >= 4 is 50.5 Å². The van der Waals surface area contributed by atoms with Gasteiger partial charge in [-0.2, -0.15) is 13.2 Å². The molecule has 7 heteroatoms. The monoisotopic (exact) mass is 326 g/mol. The number of halogens is 6. The standard InChI is InChI=1S/C7H4BrCl2F3S/c8-6-3(9)1-5(14-6)4(10)2-7(11,12)13/h1,4H,2H2. The first-order valence-electron chi connectivity index (χ1n) is 3.45. The average Bonchev–Trinajstić information content (AvgIpc) is 2.28. The van der Waals surface area contributed by atoms with E-state index in [1.807, 2.05) is 0 Å². The zero-order valence-electron chi connectivity index (χ0n) is 6.54. The van der Waals surface area contributed by atoms with Crippen molar-refractivity contribution < 1.29 is 13.2 Å². The highest BCUT2D eigenvalue weighted by atomic mass is 79.9. The van der Waals surface area contributed by atoms with Crippen LogP contribution in [-0.4, -0.2) is 6.18 Å². The van der Waals surface area contributed by atoms with Gasteiger partial charge in [-0.05, 0) is 22.0 Å². The molecule has 1 heterocycles. The van der Waals surface area contributed by atoms with Gasteiger partial charge < -0.3 is 0 Å². The van der Waals surface area contributed by atoms with E-state index in [4.69, 9.17) is 23.2 Å². The summed E-state index contributed by atoms with van der Waals surface area (Å²) in [6.45, 7) is 0. The summed E-state index contributed by atoms with van der Waals surface area (Å²) in [5, 5.41) is -0.679. The van der Waals surface area contributed by atoms with E-state index in [2.05, 4.69) is 15.9 Å². The van der Waals surface area contributed by atoms with Crippen molar-refractivity contribution in [3.8, 4) is 0 Å². The predicted molar refractivity (Wildman–Crippen MR) is 56.3 cm³/mol. The summed E-state index contributed by atoms with van der Waals surface area (Å²) in [7, 11) is 0. The Balaban J connectivity index is 2.75. The smallest absolute Gasteiger partial charge is 0.171 e. The van der Waals surface area contributed by atoms with Gasteiger partial charge in [-0.1, -0.05) is 11.6 Å². The van der Waals surface area contributed by atoms with Gasteiger partial charge in [-0.3, -0.25) is 0 Å². The molecular weight excluding hydrogens is 324 g/mol. The molecule has 0 N–H and O–H groups in total. The van der Waals surface area contributed by atoms with Gasteiger partial charge in [0.1, 0.15) is 0 Å². The van der Waals surface area contributed by atoms with Gasteiger partial charge in [0.15, 0.2) is 0 Å². The summed E-state index contributed by atoms with van der Waals surface area (Å²) < 4.78 is 36.5. The number of alkyl halides is 4. The molecule has 0 aliphatic carbocycles. The van der Waals surface area contributed by atoms with Crippen molar-refractivity contribution in [3.05, 3.63) is 19.8 Å². The number of rotatable bonds is 2. The molecule has 0 fully saturated rings. The molecule has 0 saturated carbocycles. The van der Waals surface area contributed by atoms with Crippen molar-refractivity contribution in [1.82, 2.24) is 0 Å². The summed E-state index contributed by atoms with van der Waals surface area (Å²) in [5.74, 6) is 0. The third-order valence-electron chi connectivity index (χ3n) is 1.38. The first-order valence-corrected chi connectivity index (χ1v) is 5.87. The van der Waals surface area contributed by atoms with Gasteiger partial charge in [0.05, 0.1) is 20.6 Å². The van der Waals surface area contributed by atoms with Crippen LogP contribution in [0.2, 0.25) is 5.02 Å². The third kappa shape index (κ3) is 3.61. The lowest BCUT2D eigenvalue weighted by atomic mass is 10.2. The molecule has 0 saturated heterocycles. The topological polar surface area (TPSA) is 0 Å². The molecule has 0 radical (unpaired) electrons. The fourth-order valence-electron chi connectivity index (χ4n) is 0.821. The van der Waals surface area contributed by atoms with E-state index in [9.17, 15) is 13.2 Å². The van der Waals surface area contributed by atoms with Crippen LogP contribution in [0.3, 0.4) is 0 Å². The summed E-state index contributed by atoms with van der Waals surface area (Å²) in [5.41, 5.74) is 0. The molecule has 0 aliphatic rings. The largest absolute Gasteiger partial charge is 0.390 e. The van der Waals surface area contributed by atoms with Gasteiger partial charge in [0, 0.05) is 4.88 Å². The fourth-order valence-corrected chi connectivity index (χ4v) is 2.92. The Kier molecular flexibility index (Phi) is 4.14. The third-order valence-corrected chi connectivity index (χ3v) is 4.49. The normalized spacial score (nSPS) is 14.4. The van der Waals surface area contributed by atoms with E-state index in [-0.39, 0.29) is 0 Å². The van der Waals surface area contributed by atoms with E-state index in [0.29, 0.717) is 13.7 Å². The van der Waals surface area contributed by atoms with E-state index in [1.165, 1.54) is 6.07 Å². The zero-order chi connectivity index (χ0) is 10.9. The maximum atomic E-state index is 12.0. The molecule has 0 amide bonds. The van der Waals surface area contributed by atoms with Crippen LogP contribution in [0.1, 0.15) is 16.7 Å². The Labute approximate surface area is 101 Å². The molecule has 0 aliphatic heterocycles. The van der Waals surface area contributed by atoms with Crippen molar-refractivity contribution in [1.29, 1.82) is 0 Å². The highest BCUT2D eigenvalue weighted by Gasteiger charge is 2.32. The summed E-state index contributed by atoms with van der Waals surface area (Å²) in [4.78, 5) is 0.417. The van der Waals surface area contributed by atoms with Crippen molar-refractivity contribution in [2.24, 2.45) is 0 Å². The molecule has 1 aromatic heterocycles. The van der Waals surface area contributed by atoms with Crippen molar-refractivity contribution in [2.75, 3.05) is 0 Å². The van der Waals surface area contributed by atoms with E-state index >= 15 is 0 Å². The molecule has 1 rings (SSSR count). The molecule has 0 bridgehead atoms. The van der Waals surface area contributed by atoms with Crippen LogP contribution in [0.25, 0.3) is 0 Å². The summed E-state index contributed by atoms with van der Waals surface area (Å²) in [6.07, 6.45) is -5.30. The van der Waals surface area contributed by atoms with Crippen LogP contribution < -0.4 is 0 Å². The molecule has 14 heavy (non-hydrogen) atoms. The van der Waals surface area contributed by atoms with Crippen LogP contribution in [0.4, 0.5) is 13.2 Å². The van der Waals surface area contributed by atoms with Gasteiger partial charge in [-0.25, -0.2) is 0 Å². The molecule has 0 spiro atoms. The Morgan fingerprint density at radius 2 is 2.07 bits per heavy atom. The van der Waals surface area contributed by atoms with E-state index in [1.54, 1.807) is 0 Å². The first kappa shape index (κ1) is 12.6. The SMILES string of the molecule is FC(F)(F)CC(Cl)c1cc(Cl)c(Br)s1. The minimum atomic E-state index is -4.25. The highest BCUT2D eigenvalue weighted by molar-refractivity contribution is 9.11. The minimum Gasteiger partial charge on any atom is -0.171 e. The van der Waals surface area contributed by atoms with Gasteiger partial charge in [0.25, 0.3) is 0 Å². The molecule has 1 unspecified atom stereocenters. The van der Waals surface area contributed by atoms with Crippen LogP contribution in [0.15, 0.2) is 9.85 Å². The second-order valence-electron chi connectivity index (χ2n) is 2.56. The van der Waals surface area contributed by atoms with E-state index in [0.717, 1.165) is 11.3 Å². The number of thiophene rings is 1. The lowest BCUT2D eigenvalue weighted by Gasteiger charge is -2.09. The lowest BCUT2D eigenvalue weighted by Crippen LogP contribution is -2.09. The molecular formula is C7H4BrCl2F3S. The van der Waals surface area contributed by atoms with Crippen molar-refractivity contribution in [2.45, 2.75) is 18.0 Å². The van der Waals surface area contributed by atoms with Crippen LogP contribution in [0.5, 0.6) is 0 Å². The van der Waals surface area contributed by atoms with Gasteiger partial charge >= 0.3 is 6.18 Å². The average molecular weight is 328 g/mol. The molecule has 1 aromatic rings. The Bertz CT molecular complexity index is 304. The second kappa shape index (κ2) is 4.60. The van der Waals surface area contributed by atoms with Crippen LogP contribution in [-0.2, 0) is 0 Å². The van der Waals surface area contributed by atoms with Gasteiger partial charge in [-0.15, -0.1) is 22.9 Å². The zero-order valence-corrected chi connectivity index (χ0v) is 10.5. The van der Waals surface area contributed by atoms with E-state index < -0.39 is 18.0 Å². The molecule has 1 atom stereocenters. The number of hydrogen-bond donors (Lipinski definition) is 0.